The van der Waals surface area contributed by atoms with E-state index in [4.69, 9.17) is 21.4 Å². The van der Waals surface area contributed by atoms with Crippen molar-refractivity contribution in [1.29, 1.82) is 0 Å². The monoisotopic (exact) mass is 308 g/mol. The van der Waals surface area contributed by atoms with Crippen molar-refractivity contribution in [3.05, 3.63) is 64.7 Å². The van der Waals surface area contributed by atoms with E-state index >= 15 is 0 Å². The molecule has 0 fully saturated rings. The second kappa shape index (κ2) is 7.33. The zero-order valence-electron chi connectivity index (χ0n) is 10.6. The Hall–Kier alpha value is -1.49. The van der Waals surface area contributed by atoms with Gasteiger partial charge >= 0.3 is 5.97 Å². The van der Waals surface area contributed by atoms with Crippen LogP contribution in [0.2, 0.25) is 5.02 Å². The van der Waals surface area contributed by atoms with Crippen LogP contribution < -0.4 is 0 Å². The molecule has 1 N–H and O–H groups in total. The fraction of sp³-hybridized carbons (Fsp3) is 0.133. The maximum atomic E-state index is 11.0. The van der Waals surface area contributed by atoms with Crippen molar-refractivity contribution in [2.45, 2.75) is 11.5 Å². The van der Waals surface area contributed by atoms with Crippen molar-refractivity contribution >= 4 is 29.3 Å². The second-order valence-electron chi connectivity index (χ2n) is 4.04. The first kappa shape index (κ1) is 14.9. The summed E-state index contributed by atoms with van der Waals surface area (Å²) in [5.74, 6) is -0.571. The Bertz CT molecular complexity index is 587. The van der Waals surface area contributed by atoms with Crippen LogP contribution in [-0.4, -0.2) is 17.0 Å². The number of thioether (sulfide) groups is 1. The number of carboxylic acid groups (broad SMARTS) is 1. The van der Waals surface area contributed by atoms with Gasteiger partial charge in [0.05, 0.1) is 23.1 Å². The van der Waals surface area contributed by atoms with Crippen LogP contribution in [0.5, 0.6) is 0 Å². The Kier molecular flexibility index (Phi) is 5.47. The molecule has 0 amide bonds. The number of halogens is 1. The molecule has 0 spiro atoms. The standard InChI is InChI=1S/C15H13ClO3S/c16-14-7-6-12(8-13(14)15(17)18)20-10-19-9-11-4-2-1-3-5-11/h1-8H,9-10H2,(H,17,18). The summed E-state index contributed by atoms with van der Waals surface area (Å²) < 4.78 is 5.54. The molecule has 0 aliphatic carbocycles. The first-order chi connectivity index (χ1) is 9.66. The Morgan fingerprint density at radius 1 is 1.20 bits per heavy atom. The van der Waals surface area contributed by atoms with E-state index in [2.05, 4.69) is 0 Å². The van der Waals surface area contributed by atoms with E-state index in [1.807, 2.05) is 30.3 Å². The third-order valence-electron chi connectivity index (χ3n) is 2.59. The number of carbonyl (C=O) groups is 1. The molecular weight excluding hydrogens is 296 g/mol. The number of carboxylic acids is 1. The third-order valence-corrected chi connectivity index (χ3v) is 3.79. The summed E-state index contributed by atoms with van der Waals surface area (Å²) in [6.07, 6.45) is 0. The van der Waals surface area contributed by atoms with E-state index < -0.39 is 5.97 Å². The number of hydrogen-bond acceptors (Lipinski definition) is 3. The van der Waals surface area contributed by atoms with E-state index in [1.54, 1.807) is 18.2 Å². The van der Waals surface area contributed by atoms with Crippen LogP contribution in [0.4, 0.5) is 0 Å². The van der Waals surface area contributed by atoms with Crippen molar-refractivity contribution in [2.24, 2.45) is 0 Å². The smallest absolute Gasteiger partial charge is 0.337 e. The first-order valence-corrected chi connectivity index (χ1v) is 7.30. The number of hydrogen-bond donors (Lipinski definition) is 1. The number of aromatic carboxylic acids is 1. The maximum Gasteiger partial charge on any atom is 0.337 e. The van der Waals surface area contributed by atoms with Crippen LogP contribution in [0, 0.1) is 0 Å². The molecule has 2 rings (SSSR count). The molecule has 2 aromatic rings. The quantitative estimate of drug-likeness (QED) is 0.491. The van der Waals surface area contributed by atoms with E-state index in [0.29, 0.717) is 12.5 Å². The highest BCUT2D eigenvalue weighted by Crippen LogP contribution is 2.24. The average molecular weight is 309 g/mol. The molecule has 5 heteroatoms. The highest BCUT2D eigenvalue weighted by molar-refractivity contribution is 7.99. The minimum Gasteiger partial charge on any atom is -0.478 e. The van der Waals surface area contributed by atoms with Gasteiger partial charge in [-0.05, 0) is 23.8 Å². The molecule has 0 atom stereocenters. The lowest BCUT2D eigenvalue weighted by atomic mass is 10.2. The fourth-order valence-corrected chi connectivity index (χ4v) is 2.47. The lowest BCUT2D eigenvalue weighted by molar-refractivity contribution is 0.0697. The lowest BCUT2D eigenvalue weighted by Gasteiger charge is -2.06. The molecule has 0 radical (unpaired) electrons. The van der Waals surface area contributed by atoms with Gasteiger partial charge in [-0.1, -0.05) is 53.7 Å². The largest absolute Gasteiger partial charge is 0.478 e. The predicted octanol–water partition coefficient (Wildman–Crippen LogP) is 4.30. The molecule has 0 aromatic heterocycles. The van der Waals surface area contributed by atoms with Crippen LogP contribution in [0.1, 0.15) is 15.9 Å². The van der Waals surface area contributed by atoms with Gasteiger partial charge in [-0.3, -0.25) is 0 Å². The molecule has 0 heterocycles. The lowest BCUT2D eigenvalue weighted by Crippen LogP contribution is -1.98. The SMILES string of the molecule is O=C(O)c1cc(SCOCc2ccccc2)ccc1Cl. The molecule has 0 unspecified atom stereocenters. The van der Waals surface area contributed by atoms with Crippen molar-refractivity contribution in [3.8, 4) is 0 Å². The Morgan fingerprint density at radius 2 is 1.95 bits per heavy atom. The third kappa shape index (κ3) is 4.27. The minimum absolute atomic E-state index is 0.111. The Labute approximate surface area is 126 Å². The zero-order chi connectivity index (χ0) is 14.4. The van der Waals surface area contributed by atoms with Crippen LogP contribution >= 0.6 is 23.4 Å². The summed E-state index contributed by atoms with van der Waals surface area (Å²) in [4.78, 5) is 11.8. The van der Waals surface area contributed by atoms with Gasteiger partial charge in [0.2, 0.25) is 0 Å². The molecule has 0 saturated carbocycles. The van der Waals surface area contributed by atoms with Crippen molar-refractivity contribution in [2.75, 3.05) is 5.94 Å². The van der Waals surface area contributed by atoms with Crippen LogP contribution in [-0.2, 0) is 11.3 Å². The summed E-state index contributed by atoms with van der Waals surface area (Å²) in [6, 6.07) is 14.8. The summed E-state index contributed by atoms with van der Waals surface area (Å²) in [7, 11) is 0. The molecule has 0 bridgehead atoms. The summed E-state index contributed by atoms with van der Waals surface area (Å²) >= 11 is 7.25. The summed E-state index contributed by atoms with van der Waals surface area (Å²) in [5, 5.41) is 9.23. The van der Waals surface area contributed by atoms with Gasteiger partial charge in [-0.2, -0.15) is 0 Å². The van der Waals surface area contributed by atoms with Gasteiger partial charge in [-0.15, -0.1) is 0 Å². The van der Waals surface area contributed by atoms with Crippen molar-refractivity contribution in [3.63, 3.8) is 0 Å². The van der Waals surface area contributed by atoms with Gasteiger partial charge in [0.15, 0.2) is 0 Å². The van der Waals surface area contributed by atoms with Gasteiger partial charge in [0, 0.05) is 4.90 Å². The van der Waals surface area contributed by atoms with Gasteiger partial charge < -0.3 is 9.84 Å². The Morgan fingerprint density at radius 3 is 2.65 bits per heavy atom. The fourth-order valence-electron chi connectivity index (χ4n) is 1.60. The predicted molar refractivity (Wildman–Crippen MR) is 80.4 cm³/mol. The molecule has 104 valence electrons. The van der Waals surface area contributed by atoms with Crippen molar-refractivity contribution in [1.82, 2.24) is 0 Å². The summed E-state index contributed by atoms with van der Waals surface area (Å²) in [6.45, 7) is 0.535. The van der Waals surface area contributed by atoms with E-state index in [1.165, 1.54) is 11.8 Å². The van der Waals surface area contributed by atoms with Gasteiger partial charge in [0.25, 0.3) is 0 Å². The molecule has 0 saturated heterocycles. The van der Waals surface area contributed by atoms with Gasteiger partial charge in [-0.25, -0.2) is 4.79 Å². The van der Waals surface area contributed by atoms with E-state index in [-0.39, 0.29) is 10.6 Å². The van der Waals surface area contributed by atoms with Crippen LogP contribution in [0.3, 0.4) is 0 Å². The average Bonchev–Trinajstić information content (AvgIpc) is 2.46. The maximum absolute atomic E-state index is 11.0. The first-order valence-electron chi connectivity index (χ1n) is 5.94. The zero-order valence-corrected chi connectivity index (χ0v) is 12.2. The van der Waals surface area contributed by atoms with Crippen LogP contribution in [0.25, 0.3) is 0 Å². The number of rotatable bonds is 6. The summed E-state index contributed by atoms with van der Waals surface area (Å²) in [5.41, 5.74) is 1.22. The normalized spacial score (nSPS) is 10.4. The minimum atomic E-state index is -1.03. The topological polar surface area (TPSA) is 46.5 Å². The highest BCUT2D eigenvalue weighted by atomic mass is 35.5. The van der Waals surface area contributed by atoms with E-state index in [9.17, 15) is 4.79 Å². The molecule has 0 aliphatic heterocycles. The van der Waals surface area contributed by atoms with Gasteiger partial charge in [0.1, 0.15) is 0 Å². The van der Waals surface area contributed by atoms with Crippen molar-refractivity contribution < 1.29 is 14.6 Å². The van der Waals surface area contributed by atoms with Crippen LogP contribution in [0.15, 0.2) is 53.4 Å². The molecule has 20 heavy (non-hydrogen) atoms. The molecule has 3 nitrogen and oxygen atoms in total. The highest BCUT2D eigenvalue weighted by Gasteiger charge is 2.09. The second-order valence-corrected chi connectivity index (χ2v) is 5.45. The number of ether oxygens (including phenoxy) is 1. The molecule has 0 aliphatic rings. The molecule has 2 aromatic carbocycles. The Balaban J connectivity index is 1.85. The number of benzene rings is 2. The molecular formula is C15H13ClO3S. The van der Waals surface area contributed by atoms with E-state index in [0.717, 1.165) is 10.5 Å².